The molecule has 1 aliphatic carbocycles. The molecule has 2 fully saturated rings. The van der Waals surface area contributed by atoms with Gasteiger partial charge >= 0.3 is 23.8 Å². The van der Waals surface area contributed by atoms with E-state index in [9.17, 15) is 25.0 Å². The first-order valence-corrected chi connectivity index (χ1v) is 16.5. The molecule has 1 aromatic heterocycles. The molecule has 0 saturated carbocycles. The molecule has 0 radical (unpaired) electrons. The van der Waals surface area contributed by atoms with Gasteiger partial charge in [-0.15, -0.1) is 0 Å². The van der Waals surface area contributed by atoms with E-state index in [0.29, 0.717) is 19.4 Å². The number of rotatable bonds is 9. The smallest absolute Gasteiger partial charge is 0.410 e. The Hall–Kier alpha value is -4.51. The fraction of sp³-hybridized carbons (Fsp3) is 0.618. The van der Waals surface area contributed by atoms with Crippen LogP contribution >= 0.6 is 0 Å². The molecule has 2 saturated heterocycles. The van der Waals surface area contributed by atoms with E-state index in [1.54, 1.807) is 25.7 Å². The highest BCUT2D eigenvalue weighted by Crippen LogP contribution is 2.44. The number of esters is 1. The van der Waals surface area contributed by atoms with Crippen molar-refractivity contribution in [1.82, 2.24) is 19.8 Å². The van der Waals surface area contributed by atoms with Crippen LogP contribution in [0.3, 0.4) is 0 Å². The molecule has 1 aromatic carbocycles. The summed E-state index contributed by atoms with van der Waals surface area (Å²) in [5, 5.41) is 22.6. The van der Waals surface area contributed by atoms with Gasteiger partial charge in [-0.3, -0.25) is 14.9 Å². The number of hydrogen-bond acceptors (Lipinski definition) is 12. The third kappa shape index (κ3) is 7.31. The zero-order valence-corrected chi connectivity index (χ0v) is 28.4. The minimum Gasteiger partial charge on any atom is -0.468 e. The number of aromatic nitrogens is 2. The van der Waals surface area contributed by atoms with Gasteiger partial charge in [0.25, 0.3) is 0 Å². The minimum absolute atomic E-state index is 0.0128. The van der Waals surface area contributed by atoms with Gasteiger partial charge in [0, 0.05) is 32.1 Å². The molecule has 3 heterocycles. The predicted octanol–water partition coefficient (Wildman–Crippen LogP) is 4.19. The second-order valence-corrected chi connectivity index (χ2v) is 13.9. The molecule has 0 bridgehead atoms. The van der Waals surface area contributed by atoms with E-state index in [0.717, 1.165) is 36.9 Å². The first kappa shape index (κ1) is 34.8. The van der Waals surface area contributed by atoms with Crippen molar-refractivity contribution < 1.29 is 28.7 Å². The Morgan fingerprint density at radius 2 is 1.92 bits per heavy atom. The van der Waals surface area contributed by atoms with Crippen LogP contribution < -0.4 is 9.64 Å². The number of likely N-dealkylation sites (N-methyl/N-ethyl adjacent to an activating group) is 1. The number of nitriles is 1. The number of piperazine rings is 1. The number of methoxy groups -OCH3 is 1. The van der Waals surface area contributed by atoms with E-state index in [1.807, 2.05) is 31.3 Å². The Balaban J connectivity index is 1.58. The lowest BCUT2D eigenvalue weighted by Gasteiger charge is -2.41. The van der Waals surface area contributed by atoms with Gasteiger partial charge in [0.1, 0.15) is 17.9 Å². The average Bonchev–Trinajstić information content (AvgIpc) is 3.46. The molecule has 0 spiro atoms. The lowest BCUT2D eigenvalue weighted by Crippen LogP contribution is -2.56. The van der Waals surface area contributed by atoms with Crippen LogP contribution in [0, 0.1) is 21.4 Å². The van der Waals surface area contributed by atoms with Crippen molar-refractivity contribution in [3.8, 4) is 12.1 Å². The van der Waals surface area contributed by atoms with Crippen molar-refractivity contribution in [3.05, 3.63) is 51.2 Å². The van der Waals surface area contributed by atoms with Crippen LogP contribution in [0.15, 0.2) is 24.3 Å². The van der Waals surface area contributed by atoms with Crippen molar-refractivity contribution in [2.24, 2.45) is 0 Å². The van der Waals surface area contributed by atoms with Crippen LogP contribution in [0.2, 0.25) is 0 Å². The SMILES string of the molecule is COC(=O)C1(Cc2nc(OC[C@@H]3CCCN3C)nc(N3CCN(C(=O)OC(C)(C)C)[C@@H](CC#N)C3)c2[N+](=O)[O-])CCCc2ccccc21. The fourth-order valence-electron chi connectivity index (χ4n) is 7.18. The van der Waals surface area contributed by atoms with Crippen molar-refractivity contribution in [1.29, 1.82) is 5.26 Å². The van der Waals surface area contributed by atoms with Crippen LogP contribution in [-0.4, -0.2) is 101 Å². The summed E-state index contributed by atoms with van der Waals surface area (Å²) in [4.78, 5) is 53.9. The largest absolute Gasteiger partial charge is 0.468 e. The maximum Gasteiger partial charge on any atom is 0.410 e. The number of amides is 1. The molecule has 3 atom stereocenters. The van der Waals surface area contributed by atoms with Crippen molar-refractivity contribution in [2.75, 3.05) is 51.8 Å². The normalized spacial score (nSPS) is 22.8. The molecule has 2 aliphatic heterocycles. The maximum atomic E-state index is 13.7. The quantitative estimate of drug-likeness (QED) is 0.214. The summed E-state index contributed by atoms with van der Waals surface area (Å²) >= 11 is 0. The Bertz CT molecular complexity index is 1570. The molecular formula is C34H45N7O7. The Labute approximate surface area is 281 Å². The van der Waals surface area contributed by atoms with Gasteiger partial charge < -0.3 is 28.9 Å². The van der Waals surface area contributed by atoms with Gasteiger partial charge in [0.15, 0.2) is 0 Å². The number of benzene rings is 1. The Morgan fingerprint density at radius 1 is 1.15 bits per heavy atom. The number of nitro groups is 1. The topological polar surface area (TPSA) is 164 Å². The lowest BCUT2D eigenvalue weighted by molar-refractivity contribution is -0.385. The first-order valence-electron chi connectivity index (χ1n) is 16.5. The second-order valence-electron chi connectivity index (χ2n) is 13.9. The monoisotopic (exact) mass is 663 g/mol. The molecule has 48 heavy (non-hydrogen) atoms. The summed E-state index contributed by atoms with van der Waals surface area (Å²) in [6.07, 6.45) is 3.20. The van der Waals surface area contributed by atoms with Gasteiger partial charge in [-0.05, 0) is 77.6 Å². The van der Waals surface area contributed by atoms with Crippen LogP contribution in [0.25, 0.3) is 0 Å². The molecule has 5 rings (SSSR count). The number of carbonyl (C=O) groups excluding carboxylic acids is 2. The second kappa shape index (κ2) is 14.3. The minimum atomic E-state index is -1.21. The highest BCUT2D eigenvalue weighted by atomic mass is 16.6. The van der Waals surface area contributed by atoms with Gasteiger partial charge in [-0.1, -0.05) is 24.3 Å². The van der Waals surface area contributed by atoms with Gasteiger partial charge in [-0.2, -0.15) is 15.2 Å². The molecule has 14 nitrogen and oxygen atoms in total. The zero-order valence-electron chi connectivity index (χ0n) is 28.4. The van der Waals surface area contributed by atoms with Crippen molar-refractivity contribution in [3.63, 3.8) is 0 Å². The summed E-state index contributed by atoms with van der Waals surface area (Å²) in [6.45, 7) is 6.97. The number of anilines is 1. The molecule has 2 aromatic rings. The van der Waals surface area contributed by atoms with E-state index in [1.165, 1.54) is 12.0 Å². The zero-order chi connectivity index (χ0) is 34.6. The number of ether oxygens (including phenoxy) is 3. The summed E-state index contributed by atoms with van der Waals surface area (Å²) in [6, 6.07) is 9.26. The first-order chi connectivity index (χ1) is 22.9. The molecular weight excluding hydrogens is 618 g/mol. The summed E-state index contributed by atoms with van der Waals surface area (Å²) in [5.74, 6) is -0.463. The number of fused-ring (bicyclic) bond motifs is 1. The molecule has 14 heteroatoms. The molecule has 0 N–H and O–H groups in total. The number of nitrogens with zero attached hydrogens (tertiary/aromatic N) is 7. The standard InChI is InChI=1S/C34H45N7O7/c1-33(2,3)48-32(43)40-19-18-39(21-24(40)14-16-35)29-28(41(44)45)27(36-31(37-29)47-22-25-12-9-17-38(25)4)20-34(30(42)46-5)15-8-11-23-10-6-7-13-26(23)34/h6-7,10,13,24-25H,8-9,11-12,14-15,17-22H2,1-5H3/t24-,25-,34?/m0/s1. The van der Waals surface area contributed by atoms with Crippen molar-refractivity contribution >= 4 is 23.6 Å². The number of hydrogen-bond donors (Lipinski definition) is 0. The summed E-state index contributed by atoms with van der Waals surface area (Å²) < 4.78 is 17.1. The average molecular weight is 664 g/mol. The van der Waals surface area contributed by atoms with E-state index in [-0.39, 0.29) is 61.7 Å². The third-order valence-corrected chi connectivity index (χ3v) is 9.54. The summed E-state index contributed by atoms with van der Waals surface area (Å²) in [5.41, 5.74) is -0.459. The van der Waals surface area contributed by atoms with Gasteiger partial charge in [-0.25, -0.2) is 4.79 Å². The van der Waals surface area contributed by atoms with E-state index in [4.69, 9.17) is 14.2 Å². The summed E-state index contributed by atoms with van der Waals surface area (Å²) in [7, 11) is 3.35. The van der Waals surface area contributed by atoms with Crippen molar-refractivity contribution in [2.45, 2.75) is 88.8 Å². The van der Waals surface area contributed by atoms with Crippen LogP contribution in [0.1, 0.15) is 69.7 Å². The van der Waals surface area contributed by atoms with Gasteiger partial charge in [0.2, 0.25) is 5.82 Å². The molecule has 258 valence electrons. The number of likely N-dealkylation sites (tertiary alicyclic amines) is 1. The molecule has 1 amide bonds. The van der Waals surface area contributed by atoms with E-state index >= 15 is 0 Å². The third-order valence-electron chi connectivity index (χ3n) is 9.54. The highest BCUT2D eigenvalue weighted by molar-refractivity contribution is 5.85. The number of aryl methyl sites for hydroxylation is 1. The Kier molecular flexibility index (Phi) is 10.4. The number of carbonyl (C=O) groups is 2. The van der Waals surface area contributed by atoms with E-state index in [2.05, 4.69) is 20.9 Å². The Morgan fingerprint density at radius 3 is 2.58 bits per heavy atom. The predicted molar refractivity (Wildman–Crippen MR) is 176 cm³/mol. The molecule has 3 aliphatic rings. The van der Waals surface area contributed by atoms with Crippen LogP contribution in [0.5, 0.6) is 6.01 Å². The van der Waals surface area contributed by atoms with E-state index < -0.39 is 34.0 Å². The van der Waals surface area contributed by atoms with Gasteiger partial charge in [0.05, 0.1) is 36.0 Å². The van der Waals surface area contributed by atoms with Crippen LogP contribution in [-0.2, 0) is 32.5 Å². The van der Waals surface area contributed by atoms with Crippen LogP contribution in [0.4, 0.5) is 16.3 Å². The highest BCUT2D eigenvalue weighted by Gasteiger charge is 2.47. The lowest BCUT2D eigenvalue weighted by atomic mass is 9.67. The fourth-order valence-corrected chi connectivity index (χ4v) is 7.18. The molecule has 1 unspecified atom stereocenters. The maximum absolute atomic E-state index is 13.7.